The lowest BCUT2D eigenvalue weighted by molar-refractivity contribution is 0.0301. The van der Waals surface area contributed by atoms with Gasteiger partial charge in [-0.15, -0.1) is 0 Å². The van der Waals surface area contributed by atoms with Gasteiger partial charge in [0.15, 0.2) is 17.4 Å². The molecule has 0 saturated heterocycles. The predicted molar refractivity (Wildman–Crippen MR) is 88.6 cm³/mol. The molecule has 0 spiro atoms. The molecule has 23 heavy (non-hydrogen) atoms. The van der Waals surface area contributed by atoms with E-state index >= 15 is 0 Å². The Labute approximate surface area is 138 Å². The minimum atomic E-state index is -0.845. The van der Waals surface area contributed by atoms with Crippen molar-refractivity contribution in [3.05, 3.63) is 29.3 Å². The minimum Gasteiger partial charge on any atom is -0.503 e. The number of fused-ring (bicyclic) bond motifs is 3. The van der Waals surface area contributed by atoms with Crippen molar-refractivity contribution in [2.24, 2.45) is 5.41 Å². The Bertz CT molecular complexity index is 519. The maximum atomic E-state index is 13.7. The number of aromatic hydroxyl groups is 1. The molecule has 3 fully saturated rings. The molecule has 128 valence electrons. The molecule has 3 aliphatic rings. The first-order valence-corrected chi connectivity index (χ1v) is 9.19. The number of phenols is 1. The Morgan fingerprint density at radius 1 is 0.913 bits per heavy atom. The van der Waals surface area contributed by atoms with E-state index < -0.39 is 17.4 Å². The molecule has 2 bridgehead atoms. The summed E-state index contributed by atoms with van der Waals surface area (Å²) in [5, 5.41) is 9.33. The van der Waals surface area contributed by atoms with Crippen molar-refractivity contribution in [1.29, 1.82) is 0 Å². The Hall–Kier alpha value is -1.12. The summed E-state index contributed by atoms with van der Waals surface area (Å²) in [5.74, 6) is -2.49. The van der Waals surface area contributed by atoms with Gasteiger partial charge in [0, 0.05) is 0 Å². The van der Waals surface area contributed by atoms with E-state index in [0.29, 0.717) is 5.41 Å². The monoisotopic (exact) mass is 322 g/mol. The highest BCUT2D eigenvalue weighted by Gasteiger charge is 2.49. The third-order valence-corrected chi connectivity index (χ3v) is 6.59. The second-order valence-corrected chi connectivity index (χ2v) is 7.88. The molecule has 3 heteroatoms. The van der Waals surface area contributed by atoms with E-state index in [1.165, 1.54) is 63.5 Å². The van der Waals surface area contributed by atoms with Crippen molar-refractivity contribution in [3.8, 4) is 5.75 Å². The Morgan fingerprint density at radius 3 is 2.00 bits per heavy atom. The maximum Gasteiger partial charge on any atom is 0.187 e. The van der Waals surface area contributed by atoms with Gasteiger partial charge in [-0.05, 0) is 73.5 Å². The fourth-order valence-corrected chi connectivity index (χ4v) is 4.87. The molecule has 0 unspecified atom stereocenters. The van der Waals surface area contributed by atoms with Gasteiger partial charge in [0.25, 0.3) is 0 Å². The van der Waals surface area contributed by atoms with Crippen LogP contribution >= 0.6 is 0 Å². The molecule has 0 amide bonds. The average Bonchev–Trinajstić information content (AvgIpc) is 2.58. The number of benzene rings is 1. The van der Waals surface area contributed by atoms with E-state index in [2.05, 4.69) is 6.92 Å². The Balaban J connectivity index is 1.70. The van der Waals surface area contributed by atoms with Crippen molar-refractivity contribution in [2.45, 2.75) is 83.0 Å². The molecule has 1 N–H and O–H groups in total. The largest absolute Gasteiger partial charge is 0.503 e. The SMILES string of the molecule is CCCCCCC12CCC(c3cc(F)c(O)c(F)c3)(CC1)CC2. The minimum absolute atomic E-state index is 0.0689. The first-order valence-electron chi connectivity index (χ1n) is 9.19. The fourth-order valence-electron chi connectivity index (χ4n) is 4.87. The average molecular weight is 322 g/mol. The lowest BCUT2D eigenvalue weighted by atomic mass is 9.51. The number of phenolic OH excluding ortho intramolecular Hbond substituents is 1. The standard InChI is InChI=1S/C20H28F2O/c1-2-3-4-5-6-19-7-10-20(11-8-19,12-9-19)15-13-16(21)18(23)17(22)14-15/h13-14,23H,2-12H2,1H3. The highest BCUT2D eigenvalue weighted by atomic mass is 19.1. The molecule has 0 heterocycles. The number of hydrogen-bond acceptors (Lipinski definition) is 1. The van der Waals surface area contributed by atoms with Gasteiger partial charge in [-0.1, -0.05) is 32.6 Å². The van der Waals surface area contributed by atoms with E-state index in [9.17, 15) is 13.9 Å². The zero-order valence-electron chi connectivity index (χ0n) is 14.1. The zero-order chi connectivity index (χ0) is 16.5. The van der Waals surface area contributed by atoms with Gasteiger partial charge in [0.05, 0.1) is 0 Å². The van der Waals surface area contributed by atoms with Gasteiger partial charge in [-0.25, -0.2) is 8.78 Å². The van der Waals surface area contributed by atoms with Gasteiger partial charge in [0.1, 0.15) is 0 Å². The van der Waals surface area contributed by atoms with Crippen molar-refractivity contribution in [1.82, 2.24) is 0 Å². The molecule has 1 aromatic rings. The summed E-state index contributed by atoms with van der Waals surface area (Å²) in [6.45, 7) is 2.24. The summed E-state index contributed by atoms with van der Waals surface area (Å²) in [7, 11) is 0. The van der Waals surface area contributed by atoms with Crippen LogP contribution in [-0.2, 0) is 5.41 Å². The Morgan fingerprint density at radius 2 is 1.48 bits per heavy atom. The molecule has 0 aromatic heterocycles. The van der Waals surface area contributed by atoms with Crippen LogP contribution in [0, 0.1) is 17.0 Å². The lowest BCUT2D eigenvalue weighted by Gasteiger charge is -2.54. The molecule has 0 aliphatic heterocycles. The van der Waals surface area contributed by atoms with Crippen LogP contribution in [-0.4, -0.2) is 5.11 Å². The van der Waals surface area contributed by atoms with Crippen LogP contribution in [0.4, 0.5) is 8.78 Å². The number of unbranched alkanes of at least 4 members (excludes halogenated alkanes) is 3. The highest BCUT2D eigenvalue weighted by molar-refractivity contribution is 5.36. The van der Waals surface area contributed by atoms with Crippen LogP contribution in [0.15, 0.2) is 12.1 Å². The summed E-state index contributed by atoms with van der Waals surface area (Å²) in [6, 6.07) is 2.72. The topological polar surface area (TPSA) is 20.2 Å². The molecule has 1 nitrogen and oxygen atoms in total. The third kappa shape index (κ3) is 3.12. The van der Waals surface area contributed by atoms with Crippen LogP contribution in [0.25, 0.3) is 0 Å². The first kappa shape index (κ1) is 16.7. The fraction of sp³-hybridized carbons (Fsp3) is 0.700. The number of halogens is 2. The van der Waals surface area contributed by atoms with Gasteiger partial charge < -0.3 is 5.11 Å². The lowest BCUT2D eigenvalue weighted by Crippen LogP contribution is -2.44. The van der Waals surface area contributed by atoms with E-state index in [-0.39, 0.29) is 5.41 Å². The van der Waals surface area contributed by atoms with Crippen molar-refractivity contribution in [2.75, 3.05) is 0 Å². The highest BCUT2D eigenvalue weighted by Crippen LogP contribution is 2.59. The third-order valence-electron chi connectivity index (χ3n) is 6.59. The van der Waals surface area contributed by atoms with Crippen molar-refractivity contribution < 1.29 is 13.9 Å². The maximum absolute atomic E-state index is 13.7. The smallest absolute Gasteiger partial charge is 0.187 e. The van der Waals surface area contributed by atoms with Crippen LogP contribution < -0.4 is 0 Å². The molecule has 0 atom stereocenters. The van der Waals surface area contributed by atoms with Gasteiger partial charge in [0.2, 0.25) is 0 Å². The zero-order valence-corrected chi connectivity index (χ0v) is 14.1. The van der Waals surface area contributed by atoms with Crippen molar-refractivity contribution >= 4 is 0 Å². The van der Waals surface area contributed by atoms with Crippen LogP contribution in [0.5, 0.6) is 5.75 Å². The summed E-state index contributed by atoms with van der Waals surface area (Å²) < 4.78 is 27.5. The van der Waals surface area contributed by atoms with Crippen LogP contribution in [0.3, 0.4) is 0 Å². The second kappa shape index (κ2) is 6.41. The Kier molecular flexibility index (Phi) is 4.66. The van der Waals surface area contributed by atoms with E-state index in [4.69, 9.17) is 0 Å². The summed E-state index contributed by atoms with van der Waals surface area (Å²) in [5.41, 5.74) is 1.17. The summed E-state index contributed by atoms with van der Waals surface area (Å²) in [6.07, 6.45) is 13.2. The van der Waals surface area contributed by atoms with Gasteiger partial charge in [-0.3, -0.25) is 0 Å². The van der Waals surface area contributed by atoms with Gasteiger partial charge >= 0.3 is 0 Å². The van der Waals surface area contributed by atoms with Gasteiger partial charge in [-0.2, -0.15) is 0 Å². The van der Waals surface area contributed by atoms with Crippen LogP contribution in [0.2, 0.25) is 0 Å². The summed E-state index contributed by atoms with van der Waals surface area (Å²) >= 11 is 0. The van der Waals surface area contributed by atoms with E-state index in [1.807, 2.05) is 0 Å². The van der Waals surface area contributed by atoms with Crippen LogP contribution in [0.1, 0.15) is 83.1 Å². The molecule has 0 radical (unpaired) electrons. The second-order valence-electron chi connectivity index (χ2n) is 7.88. The molecular weight excluding hydrogens is 294 g/mol. The molecule has 3 aliphatic carbocycles. The summed E-state index contributed by atoms with van der Waals surface area (Å²) in [4.78, 5) is 0. The molecule has 3 saturated carbocycles. The van der Waals surface area contributed by atoms with E-state index in [1.54, 1.807) is 0 Å². The first-order chi connectivity index (χ1) is 11.0. The molecular formula is C20H28F2O. The number of hydrogen-bond donors (Lipinski definition) is 1. The quantitative estimate of drug-likeness (QED) is 0.615. The normalized spacial score (nSPS) is 29.9. The molecule has 1 aromatic carbocycles. The van der Waals surface area contributed by atoms with Crippen molar-refractivity contribution in [3.63, 3.8) is 0 Å². The molecule has 4 rings (SSSR count). The van der Waals surface area contributed by atoms with E-state index in [0.717, 1.165) is 24.8 Å². The number of rotatable bonds is 6. The predicted octanol–water partition coefficient (Wildman–Crippen LogP) is 6.23.